The molecule has 0 heterocycles. The van der Waals surface area contributed by atoms with Crippen molar-refractivity contribution in [2.24, 2.45) is 11.7 Å². The number of primary amides is 1. The Balaban J connectivity index is 4.32. The highest BCUT2D eigenvalue weighted by Crippen LogP contribution is 2.01. The maximum Gasteiger partial charge on any atom is 0.326 e. The molecule has 0 aromatic carbocycles. The van der Waals surface area contributed by atoms with Crippen molar-refractivity contribution in [3.8, 4) is 0 Å². The molecule has 7 nitrogen and oxygen atoms in total. The standard InChI is InChI=1S/C11H21N3O4/c1-7(2)4-5-14(3)11(18)13-8(10(16)17)6-9(12)15/h7-8H,4-6H2,1-3H3,(H2,12,15)(H,13,18)(H,16,17)/t8-/m0/s1. The molecule has 0 aliphatic rings. The third-order valence-electron chi connectivity index (χ3n) is 2.39. The molecular weight excluding hydrogens is 238 g/mol. The number of nitrogens with one attached hydrogen (secondary N) is 1. The number of nitrogens with zero attached hydrogens (tertiary/aromatic N) is 1. The largest absolute Gasteiger partial charge is 0.480 e. The number of carboxylic acid groups (broad SMARTS) is 1. The van der Waals surface area contributed by atoms with Crippen LogP contribution in [0.4, 0.5) is 4.79 Å². The highest BCUT2D eigenvalue weighted by atomic mass is 16.4. The van der Waals surface area contributed by atoms with Gasteiger partial charge in [-0.05, 0) is 12.3 Å². The van der Waals surface area contributed by atoms with Gasteiger partial charge in [-0.25, -0.2) is 9.59 Å². The lowest BCUT2D eigenvalue weighted by Crippen LogP contribution is -2.48. The lowest BCUT2D eigenvalue weighted by molar-refractivity contribution is -0.140. The van der Waals surface area contributed by atoms with Crippen molar-refractivity contribution in [2.45, 2.75) is 32.7 Å². The smallest absolute Gasteiger partial charge is 0.326 e. The van der Waals surface area contributed by atoms with E-state index in [0.29, 0.717) is 12.5 Å². The van der Waals surface area contributed by atoms with Crippen LogP contribution in [0.25, 0.3) is 0 Å². The van der Waals surface area contributed by atoms with Crippen LogP contribution >= 0.6 is 0 Å². The van der Waals surface area contributed by atoms with Gasteiger partial charge in [-0.1, -0.05) is 13.8 Å². The molecule has 1 atom stereocenters. The van der Waals surface area contributed by atoms with Crippen LogP contribution in [0.3, 0.4) is 0 Å². The van der Waals surface area contributed by atoms with Gasteiger partial charge in [-0.3, -0.25) is 4.79 Å². The van der Waals surface area contributed by atoms with Crippen molar-refractivity contribution < 1.29 is 19.5 Å². The first-order valence-electron chi connectivity index (χ1n) is 5.76. The summed E-state index contributed by atoms with van der Waals surface area (Å²) in [5.41, 5.74) is 4.91. The van der Waals surface area contributed by atoms with E-state index < -0.39 is 30.4 Å². The number of nitrogens with two attached hydrogens (primary N) is 1. The Kier molecular flexibility index (Phi) is 6.77. The summed E-state index contributed by atoms with van der Waals surface area (Å²) in [7, 11) is 1.57. The molecule has 0 saturated heterocycles. The number of carboxylic acids is 1. The average Bonchev–Trinajstić information content (AvgIpc) is 2.23. The summed E-state index contributed by atoms with van der Waals surface area (Å²) >= 11 is 0. The van der Waals surface area contributed by atoms with Gasteiger partial charge in [0, 0.05) is 13.6 Å². The van der Waals surface area contributed by atoms with Crippen molar-refractivity contribution in [2.75, 3.05) is 13.6 Å². The molecule has 3 amide bonds. The number of hydrogen-bond acceptors (Lipinski definition) is 3. The number of rotatable bonds is 7. The summed E-state index contributed by atoms with van der Waals surface area (Å²) < 4.78 is 0. The van der Waals surface area contributed by atoms with Gasteiger partial charge in [0.2, 0.25) is 5.91 Å². The van der Waals surface area contributed by atoms with Crippen molar-refractivity contribution in [3.63, 3.8) is 0 Å². The van der Waals surface area contributed by atoms with Gasteiger partial charge in [-0.2, -0.15) is 0 Å². The molecular formula is C11H21N3O4. The molecule has 0 fully saturated rings. The Morgan fingerprint density at radius 1 is 1.33 bits per heavy atom. The van der Waals surface area contributed by atoms with E-state index in [-0.39, 0.29) is 0 Å². The normalized spacial score (nSPS) is 12.0. The highest BCUT2D eigenvalue weighted by molar-refractivity contribution is 5.87. The zero-order valence-electron chi connectivity index (χ0n) is 11.0. The van der Waals surface area contributed by atoms with E-state index in [2.05, 4.69) is 5.32 Å². The highest BCUT2D eigenvalue weighted by Gasteiger charge is 2.23. The number of hydrogen-bond donors (Lipinski definition) is 3. The van der Waals surface area contributed by atoms with E-state index in [9.17, 15) is 14.4 Å². The molecule has 0 bridgehead atoms. The van der Waals surface area contributed by atoms with Crippen LogP contribution in [0.1, 0.15) is 26.7 Å². The first kappa shape index (κ1) is 16.2. The summed E-state index contributed by atoms with van der Waals surface area (Å²) in [5, 5.41) is 11.1. The minimum absolute atomic E-state index is 0.418. The monoisotopic (exact) mass is 259 g/mol. The molecule has 0 aromatic rings. The Bertz CT molecular complexity index is 317. The summed E-state index contributed by atoms with van der Waals surface area (Å²) in [6.07, 6.45) is 0.399. The topological polar surface area (TPSA) is 113 Å². The lowest BCUT2D eigenvalue weighted by Gasteiger charge is -2.21. The van der Waals surface area contributed by atoms with Gasteiger partial charge < -0.3 is 21.1 Å². The fourth-order valence-electron chi connectivity index (χ4n) is 1.21. The van der Waals surface area contributed by atoms with E-state index in [1.54, 1.807) is 7.05 Å². The summed E-state index contributed by atoms with van der Waals surface area (Å²) in [6, 6.07) is -1.80. The maximum atomic E-state index is 11.7. The fourth-order valence-corrected chi connectivity index (χ4v) is 1.21. The first-order valence-corrected chi connectivity index (χ1v) is 5.76. The average molecular weight is 259 g/mol. The maximum absolute atomic E-state index is 11.7. The third-order valence-corrected chi connectivity index (χ3v) is 2.39. The predicted molar refractivity (Wildman–Crippen MR) is 65.9 cm³/mol. The number of carbonyl (C=O) groups excluding carboxylic acids is 2. The third kappa shape index (κ3) is 6.72. The molecule has 0 spiro atoms. The van der Waals surface area contributed by atoms with E-state index in [4.69, 9.17) is 10.8 Å². The molecule has 18 heavy (non-hydrogen) atoms. The first-order chi connectivity index (χ1) is 8.23. The second-order valence-corrected chi connectivity index (χ2v) is 4.61. The van der Waals surface area contributed by atoms with Crippen LogP contribution in [0.15, 0.2) is 0 Å². The molecule has 0 radical (unpaired) electrons. The zero-order valence-corrected chi connectivity index (χ0v) is 11.0. The van der Waals surface area contributed by atoms with Crippen molar-refractivity contribution >= 4 is 17.9 Å². The molecule has 0 aliphatic carbocycles. The number of urea groups is 1. The quantitative estimate of drug-likeness (QED) is 0.597. The van der Waals surface area contributed by atoms with Crippen LogP contribution in [0, 0.1) is 5.92 Å². The molecule has 0 rings (SSSR count). The van der Waals surface area contributed by atoms with Gasteiger partial charge in [0.1, 0.15) is 6.04 Å². The number of carbonyl (C=O) groups is 3. The molecule has 0 aromatic heterocycles. The molecule has 0 saturated carbocycles. The number of aliphatic carboxylic acids is 1. The van der Waals surface area contributed by atoms with Crippen LogP contribution in [-0.4, -0.2) is 47.5 Å². The summed E-state index contributed by atoms with van der Waals surface area (Å²) in [4.78, 5) is 34.5. The van der Waals surface area contributed by atoms with Gasteiger partial charge in [0.25, 0.3) is 0 Å². The zero-order chi connectivity index (χ0) is 14.3. The second kappa shape index (κ2) is 7.52. The lowest BCUT2D eigenvalue weighted by atomic mass is 10.1. The van der Waals surface area contributed by atoms with Crippen molar-refractivity contribution in [1.29, 1.82) is 0 Å². The van der Waals surface area contributed by atoms with Crippen LogP contribution in [0.2, 0.25) is 0 Å². The molecule has 7 heteroatoms. The van der Waals surface area contributed by atoms with E-state index in [1.807, 2.05) is 13.8 Å². The summed E-state index contributed by atoms with van der Waals surface area (Å²) in [5.74, 6) is -1.60. The Morgan fingerprint density at radius 2 is 1.89 bits per heavy atom. The van der Waals surface area contributed by atoms with E-state index >= 15 is 0 Å². The number of amides is 3. The molecule has 0 aliphatic heterocycles. The fraction of sp³-hybridized carbons (Fsp3) is 0.727. The second-order valence-electron chi connectivity index (χ2n) is 4.61. The van der Waals surface area contributed by atoms with Crippen molar-refractivity contribution in [1.82, 2.24) is 10.2 Å². The predicted octanol–water partition coefficient (Wildman–Crippen LogP) is 0.00250. The molecule has 104 valence electrons. The van der Waals surface area contributed by atoms with Crippen molar-refractivity contribution in [3.05, 3.63) is 0 Å². The van der Waals surface area contributed by atoms with Crippen LogP contribution in [-0.2, 0) is 9.59 Å². The van der Waals surface area contributed by atoms with Crippen LogP contribution < -0.4 is 11.1 Å². The minimum Gasteiger partial charge on any atom is -0.480 e. The van der Waals surface area contributed by atoms with E-state index in [1.165, 1.54) is 4.90 Å². The molecule has 0 unspecified atom stereocenters. The minimum atomic E-state index is -1.28. The molecule has 4 N–H and O–H groups in total. The Hall–Kier alpha value is -1.79. The summed E-state index contributed by atoms with van der Waals surface area (Å²) in [6.45, 7) is 4.57. The SMILES string of the molecule is CC(C)CCN(C)C(=O)N[C@@H](CC(N)=O)C(=O)O. The van der Waals surface area contributed by atoms with Gasteiger partial charge >= 0.3 is 12.0 Å². The Labute approximate surface area is 106 Å². The van der Waals surface area contributed by atoms with Crippen LogP contribution in [0.5, 0.6) is 0 Å². The van der Waals surface area contributed by atoms with E-state index in [0.717, 1.165) is 6.42 Å². The van der Waals surface area contributed by atoms with Gasteiger partial charge in [0.15, 0.2) is 0 Å². The van der Waals surface area contributed by atoms with Gasteiger partial charge in [0.05, 0.1) is 6.42 Å². The Morgan fingerprint density at radius 3 is 2.28 bits per heavy atom. The van der Waals surface area contributed by atoms with Gasteiger partial charge in [-0.15, -0.1) is 0 Å².